The summed E-state index contributed by atoms with van der Waals surface area (Å²) in [5, 5.41) is 9.82. The summed E-state index contributed by atoms with van der Waals surface area (Å²) in [4.78, 5) is 49.2. The van der Waals surface area contributed by atoms with E-state index in [9.17, 15) is 46.5 Å². The monoisotopic (exact) mass is 742 g/mol. The molecular weight excluding hydrogens is 718 g/mol. The smallest absolute Gasteiger partial charge is 0.434 e. The fourth-order valence-electron chi connectivity index (χ4n) is 3.98. The van der Waals surface area contributed by atoms with E-state index >= 15 is 0 Å². The third kappa shape index (κ3) is 10.3. The van der Waals surface area contributed by atoms with Crippen molar-refractivity contribution in [3.05, 3.63) is 90.2 Å². The number of methoxy groups -OCH3 is 1. The van der Waals surface area contributed by atoms with Gasteiger partial charge in [-0.25, -0.2) is 18.6 Å². The molecule has 0 atom stereocenters. The van der Waals surface area contributed by atoms with Crippen molar-refractivity contribution in [2.45, 2.75) is 32.9 Å². The normalized spacial score (nSPS) is 11.2. The van der Waals surface area contributed by atoms with E-state index in [1.54, 1.807) is 26.0 Å². The van der Waals surface area contributed by atoms with Gasteiger partial charge in [0, 0.05) is 17.2 Å². The minimum Gasteiger partial charge on any atom is -0.465 e. The molecule has 254 valence electrons. The highest BCUT2D eigenvalue weighted by Crippen LogP contribution is 2.40. The molecule has 0 spiro atoms. The molecule has 2 aromatic carbocycles. The van der Waals surface area contributed by atoms with Crippen molar-refractivity contribution in [3.63, 3.8) is 0 Å². The van der Waals surface area contributed by atoms with Gasteiger partial charge in [0.1, 0.15) is 22.8 Å². The molecule has 1 aromatic heterocycles. The number of carbonyl (C=O) groups is 3. The number of thioether (sulfide) groups is 2. The molecule has 3 aromatic rings. The van der Waals surface area contributed by atoms with Crippen LogP contribution in [-0.2, 0) is 17.3 Å². The van der Waals surface area contributed by atoms with Gasteiger partial charge in [0.2, 0.25) is 10.2 Å². The first-order valence-electron chi connectivity index (χ1n) is 13.0. The van der Waals surface area contributed by atoms with E-state index in [1.165, 1.54) is 30.7 Å². The van der Waals surface area contributed by atoms with Crippen LogP contribution in [0.2, 0.25) is 10.0 Å². The van der Waals surface area contributed by atoms with Gasteiger partial charge in [-0.15, -0.1) is 0 Å². The summed E-state index contributed by atoms with van der Waals surface area (Å²) in [7, 11) is 1.13. The summed E-state index contributed by atoms with van der Waals surface area (Å²) in [6, 6.07) is 8.35. The van der Waals surface area contributed by atoms with Crippen LogP contribution in [-0.4, -0.2) is 45.7 Å². The SMILES string of the molecule is COC(=O)c1cc(Oc2ccc(Cl)cc2Cl)ccc1[N+](=O)[O-].CSC(=O)c1c(C(F)F)nc(C(F)(F)F)c(C(=O)SC)c1CC(C)C. The number of rotatable bonds is 9. The van der Waals surface area contributed by atoms with Gasteiger partial charge in [-0.1, -0.05) is 60.6 Å². The van der Waals surface area contributed by atoms with Gasteiger partial charge in [0.15, 0.2) is 5.69 Å². The number of carbonyl (C=O) groups excluding carboxylic acids is 3. The molecule has 0 radical (unpaired) electrons. The fraction of sp³-hybridized carbons (Fsp3) is 0.310. The number of nitro benzene ring substituents is 1. The van der Waals surface area contributed by atoms with E-state index in [0.29, 0.717) is 34.3 Å². The zero-order valence-corrected chi connectivity index (χ0v) is 28.2. The van der Waals surface area contributed by atoms with E-state index < -0.39 is 56.2 Å². The maximum atomic E-state index is 13.4. The summed E-state index contributed by atoms with van der Waals surface area (Å²) < 4.78 is 76.8. The lowest BCUT2D eigenvalue weighted by Crippen LogP contribution is -2.23. The largest absolute Gasteiger partial charge is 0.465 e. The number of hydrogen-bond donors (Lipinski definition) is 0. The fourth-order valence-corrected chi connectivity index (χ4v) is 5.28. The Morgan fingerprint density at radius 3 is 2.06 bits per heavy atom. The molecule has 3 rings (SSSR count). The molecule has 0 N–H and O–H groups in total. The summed E-state index contributed by atoms with van der Waals surface area (Å²) in [6.07, 6.45) is -6.01. The molecule has 0 saturated heterocycles. The van der Waals surface area contributed by atoms with E-state index in [4.69, 9.17) is 27.9 Å². The molecule has 0 unspecified atom stereocenters. The Labute approximate surface area is 283 Å². The van der Waals surface area contributed by atoms with E-state index in [1.807, 2.05) is 0 Å². The Kier molecular flexibility index (Phi) is 14.4. The summed E-state index contributed by atoms with van der Waals surface area (Å²) in [5.74, 6) is -0.596. The van der Waals surface area contributed by atoms with Gasteiger partial charge >= 0.3 is 12.1 Å². The third-order valence-corrected chi connectivity index (χ3v) is 7.57. The highest BCUT2D eigenvalue weighted by Gasteiger charge is 2.42. The van der Waals surface area contributed by atoms with Gasteiger partial charge in [-0.2, -0.15) is 13.2 Å². The van der Waals surface area contributed by atoms with Gasteiger partial charge in [-0.3, -0.25) is 19.7 Å². The quantitative estimate of drug-likeness (QED) is 0.0905. The number of halogens is 7. The molecule has 1 heterocycles. The van der Waals surface area contributed by atoms with Crippen molar-refractivity contribution in [1.82, 2.24) is 4.98 Å². The zero-order valence-electron chi connectivity index (χ0n) is 25.0. The lowest BCUT2D eigenvalue weighted by Gasteiger charge is -2.21. The molecule has 0 aliphatic rings. The first-order valence-corrected chi connectivity index (χ1v) is 16.2. The van der Waals surface area contributed by atoms with E-state index in [2.05, 4.69) is 9.72 Å². The van der Waals surface area contributed by atoms with Crippen LogP contribution in [0.15, 0.2) is 36.4 Å². The molecule has 0 aliphatic carbocycles. The molecule has 0 saturated carbocycles. The van der Waals surface area contributed by atoms with Crippen LogP contribution in [0.5, 0.6) is 11.5 Å². The van der Waals surface area contributed by atoms with Gasteiger partial charge < -0.3 is 9.47 Å². The van der Waals surface area contributed by atoms with Crippen LogP contribution < -0.4 is 4.74 Å². The number of benzene rings is 2. The second-order valence-corrected chi connectivity index (χ2v) is 12.0. The van der Waals surface area contributed by atoms with Crippen molar-refractivity contribution < 1.29 is 50.7 Å². The number of hydrogen-bond acceptors (Lipinski definition) is 10. The average Bonchev–Trinajstić information content (AvgIpc) is 3.00. The van der Waals surface area contributed by atoms with Crippen molar-refractivity contribution in [2.75, 3.05) is 19.6 Å². The van der Waals surface area contributed by atoms with Gasteiger partial charge in [0.05, 0.1) is 28.2 Å². The summed E-state index contributed by atoms with van der Waals surface area (Å²) >= 11 is 12.9. The molecule has 0 bridgehead atoms. The lowest BCUT2D eigenvalue weighted by atomic mass is 9.92. The van der Waals surface area contributed by atoms with Crippen molar-refractivity contribution in [3.8, 4) is 11.5 Å². The first-order chi connectivity index (χ1) is 21.9. The molecule has 47 heavy (non-hydrogen) atoms. The predicted octanol–water partition coefficient (Wildman–Crippen LogP) is 9.72. The van der Waals surface area contributed by atoms with Crippen molar-refractivity contribution in [1.29, 1.82) is 0 Å². The Morgan fingerprint density at radius 2 is 1.60 bits per heavy atom. The second-order valence-electron chi connectivity index (χ2n) is 9.56. The van der Waals surface area contributed by atoms with Gasteiger partial charge in [0.25, 0.3) is 12.1 Å². The minimum atomic E-state index is -5.10. The van der Waals surface area contributed by atoms with Crippen LogP contribution in [0.25, 0.3) is 0 Å². The average molecular weight is 744 g/mol. The molecule has 0 fully saturated rings. The number of aromatic nitrogens is 1. The number of alkyl halides is 5. The Balaban J connectivity index is 0.000000329. The number of esters is 1. The second kappa shape index (κ2) is 17.1. The number of nitro groups is 1. The first kappa shape index (κ1) is 39.7. The van der Waals surface area contributed by atoms with Crippen LogP contribution in [0, 0.1) is 16.0 Å². The molecular formula is C29H25Cl2F5N2O7S2. The Bertz CT molecular complexity index is 1670. The van der Waals surface area contributed by atoms with Crippen molar-refractivity contribution >= 4 is 68.6 Å². The van der Waals surface area contributed by atoms with Gasteiger partial charge in [-0.05, 0) is 54.7 Å². The third-order valence-electron chi connectivity index (χ3n) is 5.89. The zero-order chi connectivity index (χ0) is 35.8. The van der Waals surface area contributed by atoms with Crippen LogP contribution in [0.1, 0.15) is 68.3 Å². The molecule has 9 nitrogen and oxygen atoms in total. The lowest BCUT2D eigenvalue weighted by molar-refractivity contribution is -0.385. The van der Waals surface area contributed by atoms with E-state index in [-0.39, 0.29) is 39.9 Å². The number of pyridine rings is 1. The number of nitrogens with zero attached hydrogens (tertiary/aromatic N) is 2. The Hall–Kier alpha value is -3.47. The maximum Gasteiger partial charge on any atom is 0.434 e. The van der Waals surface area contributed by atoms with Crippen LogP contribution in [0.4, 0.5) is 27.6 Å². The van der Waals surface area contributed by atoms with Crippen LogP contribution in [0.3, 0.4) is 0 Å². The topological polar surface area (TPSA) is 126 Å². The highest BCUT2D eigenvalue weighted by molar-refractivity contribution is 8.13. The standard InChI is InChI=1S/C15H16F5NO2S2.C14H9Cl2NO5/c1-6(2)5-7-8(13(22)24-3)10(12(16)17)21-11(15(18,19)20)9(7)14(23)25-4;1-21-14(18)10-7-9(3-4-12(10)17(19)20)22-13-5-2-8(15)6-11(13)16/h6,12H,5H2,1-4H3;2-7H,1H3. The summed E-state index contributed by atoms with van der Waals surface area (Å²) in [5.41, 5.74) is -5.21. The number of ether oxygens (including phenoxy) is 2. The minimum absolute atomic E-state index is 0.130. The van der Waals surface area contributed by atoms with Crippen LogP contribution >= 0.6 is 46.7 Å². The maximum absolute atomic E-state index is 13.4. The molecule has 0 aliphatic heterocycles. The summed E-state index contributed by atoms with van der Waals surface area (Å²) in [6.45, 7) is 3.30. The Morgan fingerprint density at radius 1 is 1.00 bits per heavy atom. The predicted molar refractivity (Wildman–Crippen MR) is 169 cm³/mol. The highest BCUT2D eigenvalue weighted by atomic mass is 35.5. The van der Waals surface area contributed by atoms with E-state index in [0.717, 1.165) is 13.2 Å². The van der Waals surface area contributed by atoms with Crippen molar-refractivity contribution in [2.24, 2.45) is 5.92 Å². The molecule has 18 heteroatoms. The molecule has 0 amide bonds.